The van der Waals surface area contributed by atoms with Crippen LogP contribution in [-0.2, 0) is 4.79 Å². The third-order valence-corrected chi connectivity index (χ3v) is 3.20. The monoisotopic (exact) mass is 343 g/mol. The van der Waals surface area contributed by atoms with Crippen LogP contribution in [0.3, 0.4) is 0 Å². The van der Waals surface area contributed by atoms with Crippen molar-refractivity contribution in [2.75, 3.05) is 11.9 Å². The number of hydrogen-bond acceptors (Lipinski definition) is 3. The molecule has 0 unspecified atom stereocenters. The minimum Gasteiger partial charge on any atom is -0.483 e. The summed E-state index contributed by atoms with van der Waals surface area (Å²) in [6, 6.07) is 5.09. The highest BCUT2D eigenvalue weighted by Crippen LogP contribution is 2.27. The molecule has 0 radical (unpaired) electrons. The van der Waals surface area contributed by atoms with E-state index in [2.05, 4.69) is 31.4 Å². The molecule has 2 aromatic rings. The smallest absolute Gasteiger partial charge is 0.263 e. The standard InChI is InChI=1S/C12H11BrClN3O2/c1-7-5-15-17-12(7)16-11(18)6-19-10-3-2-8(14)4-9(10)13/h2-5H,6H2,1H3,(H2,15,16,17,18). The molecular weight excluding hydrogens is 334 g/mol. The van der Waals surface area contributed by atoms with Crippen molar-refractivity contribution in [2.24, 2.45) is 0 Å². The lowest BCUT2D eigenvalue weighted by atomic mass is 10.3. The van der Waals surface area contributed by atoms with Crippen molar-refractivity contribution in [3.05, 3.63) is 39.5 Å². The maximum atomic E-state index is 11.7. The summed E-state index contributed by atoms with van der Waals surface area (Å²) in [5, 5.41) is 9.77. The number of carbonyl (C=O) groups is 1. The average Bonchev–Trinajstić information content (AvgIpc) is 2.74. The van der Waals surface area contributed by atoms with Gasteiger partial charge in [-0.05, 0) is 41.1 Å². The molecule has 7 heteroatoms. The number of benzene rings is 1. The number of amides is 1. The Morgan fingerprint density at radius 1 is 1.58 bits per heavy atom. The largest absolute Gasteiger partial charge is 0.483 e. The molecule has 0 aliphatic carbocycles. The number of nitrogens with zero attached hydrogens (tertiary/aromatic N) is 1. The van der Waals surface area contributed by atoms with Crippen LogP contribution in [0, 0.1) is 6.92 Å². The van der Waals surface area contributed by atoms with Crippen LogP contribution in [0.5, 0.6) is 5.75 Å². The molecule has 0 saturated carbocycles. The zero-order chi connectivity index (χ0) is 13.8. The molecule has 0 spiro atoms. The first-order valence-corrected chi connectivity index (χ1v) is 6.61. The summed E-state index contributed by atoms with van der Waals surface area (Å²) in [5.74, 6) is 0.860. The first-order valence-electron chi connectivity index (χ1n) is 5.44. The van der Waals surface area contributed by atoms with Crippen LogP contribution in [0.1, 0.15) is 5.56 Å². The Kier molecular flexibility index (Phi) is 4.44. The van der Waals surface area contributed by atoms with Crippen molar-refractivity contribution in [1.29, 1.82) is 0 Å². The summed E-state index contributed by atoms with van der Waals surface area (Å²) in [6.07, 6.45) is 1.63. The first-order chi connectivity index (χ1) is 9.06. The minimum absolute atomic E-state index is 0.0985. The van der Waals surface area contributed by atoms with E-state index in [1.807, 2.05) is 6.92 Å². The van der Waals surface area contributed by atoms with Gasteiger partial charge in [0.15, 0.2) is 6.61 Å². The zero-order valence-electron chi connectivity index (χ0n) is 10.0. The highest BCUT2D eigenvalue weighted by molar-refractivity contribution is 9.10. The number of nitrogens with one attached hydrogen (secondary N) is 2. The van der Waals surface area contributed by atoms with Gasteiger partial charge in [-0.2, -0.15) is 5.10 Å². The predicted molar refractivity (Wildman–Crippen MR) is 76.6 cm³/mol. The Hall–Kier alpha value is -1.53. The maximum absolute atomic E-state index is 11.7. The van der Waals surface area contributed by atoms with Crippen molar-refractivity contribution in [2.45, 2.75) is 6.92 Å². The van der Waals surface area contributed by atoms with Gasteiger partial charge in [-0.1, -0.05) is 11.6 Å². The van der Waals surface area contributed by atoms with Gasteiger partial charge in [0.25, 0.3) is 5.91 Å². The minimum atomic E-state index is -0.269. The van der Waals surface area contributed by atoms with E-state index in [1.54, 1.807) is 24.4 Å². The Bertz CT molecular complexity index is 600. The van der Waals surface area contributed by atoms with E-state index >= 15 is 0 Å². The fraction of sp³-hybridized carbons (Fsp3) is 0.167. The van der Waals surface area contributed by atoms with Gasteiger partial charge in [0.1, 0.15) is 11.6 Å². The van der Waals surface area contributed by atoms with E-state index in [-0.39, 0.29) is 12.5 Å². The van der Waals surface area contributed by atoms with Crippen LogP contribution in [-0.4, -0.2) is 22.7 Å². The van der Waals surface area contributed by atoms with Crippen molar-refractivity contribution >= 4 is 39.3 Å². The molecule has 0 saturated heterocycles. The second-order valence-corrected chi connectivity index (χ2v) is 5.13. The third-order valence-electron chi connectivity index (χ3n) is 2.35. The molecule has 0 atom stereocenters. The van der Waals surface area contributed by atoms with Gasteiger partial charge < -0.3 is 10.1 Å². The molecule has 1 aromatic carbocycles. The zero-order valence-corrected chi connectivity index (χ0v) is 12.4. The van der Waals surface area contributed by atoms with Crippen molar-refractivity contribution in [1.82, 2.24) is 10.2 Å². The predicted octanol–water partition coefficient (Wildman–Crippen LogP) is 3.15. The van der Waals surface area contributed by atoms with Gasteiger partial charge in [0, 0.05) is 10.6 Å². The quantitative estimate of drug-likeness (QED) is 0.895. The van der Waals surface area contributed by atoms with Crippen LogP contribution < -0.4 is 10.1 Å². The molecule has 0 aliphatic heterocycles. The highest BCUT2D eigenvalue weighted by atomic mass is 79.9. The van der Waals surface area contributed by atoms with Gasteiger partial charge >= 0.3 is 0 Å². The number of carbonyl (C=O) groups excluding carboxylic acids is 1. The fourth-order valence-corrected chi connectivity index (χ4v) is 2.18. The topological polar surface area (TPSA) is 67.0 Å². The lowest BCUT2D eigenvalue weighted by Gasteiger charge is -2.08. The molecule has 0 fully saturated rings. The number of aromatic nitrogens is 2. The molecule has 5 nitrogen and oxygen atoms in total. The molecule has 0 aliphatic rings. The lowest BCUT2D eigenvalue weighted by molar-refractivity contribution is -0.118. The second-order valence-electron chi connectivity index (χ2n) is 3.84. The Morgan fingerprint density at radius 3 is 3.00 bits per heavy atom. The van der Waals surface area contributed by atoms with Crippen LogP contribution >= 0.6 is 27.5 Å². The number of hydrogen-bond donors (Lipinski definition) is 2. The van der Waals surface area contributed by atoms with Crippen molar-refractivity contribution in [3.63, 3.8) is 0 Å². The van der Waals surface area contributed by atoms with Gasteiger partial charge in [-0.15, -0.1) is 0 Å². The van der Waals surface area contributed by atoms with Gasteiger partial charge in [0.05, 0.1) is 10.7 Å². The van der Waals surface area contributed by atoms with Crippen LogP contribution in [0.25, 0.3) is 0 Å². The average molecular weight is 345 g/mol. The van der Waals surface area contributed by atoms with E-state index < -0.39 is 0 Å². The second kappa shape index (κ2) is 6.08. The summed E-state index contributed by atoms with van der Waals surface area (Å²) in [7, 11) is 0. The van der Waals surface area contributed by atoms with Crippen molar-refractivity contribution in [3.8, 4) is 5.75 Å². The van der Waals surface area contributed by atoms with E-state index in [9.17, 15) is 4.79 Å². The summed E-state index contributed by atoms with van der Waals surface area (Å²) >= 11 is 9.13. The summed E-state index contributed by atoms with van der Waals surface area (Å²) in [5.41, 5.74) is 0.862. The normalized spacial score (nSPS) is 10.3. The number of anilines is 1. The lowest BCUT2D eigenvalue weighted by Crippen LogP contribution is -2.20. The van der Waals surface area contributed by atoms with Gasteiger partial charge in [-0.3, -0.25) is 9.89 Å². The number of halogens is 2. The maximum Gasteiger partial charge on any atom is 0.263 e. The molecule has 100 valence electrons. The molecule has 1 amide bonds. The summed E-state index contributed by atoms with van der Waals surface area (Å²) < 4.78 is 6.09. The summed E-state index contributed by atoms with van der Waals surface area (Å²) in [6.45, 7) is 1.74. The molecule has 19 heavy (non-hydrogen) atoms. The van der Waals surface area contributed by atoms with Crippen LogP contribution in [0.4, 0.5) is 5.82 Å². The van der Waals surface area contributed by atoms with E-state index in [0.717, 1.165) is 5.56 Å². The number of H-pyrrole nitrogens is 1. The molecule has 2 rings (SSSR count). The molecule has 0 bridgehead atoms. The Labute approximate surface area is 123 Å². The van der Waals surface area contributed by atoms with Crippen LogP contribution in [0.15, 0.2) is 28.9 Å². The van der Waals surface area contributed by atoms with Crippen molar-refractivity contribution < 1.29 is 9.53 Å². The summed E-state index contributed by atoms with van der Waals surface area (Å²) in [4.78, 5) is 11.7. The number of ether oxygens (including phenoxy) is 1. The number of aryl methyl sites for hydroxylation is 1. The SMILES string of the molecule is Cc1cn[nH]c1NC(=O)COc1ccc(Cl)cc1Br. The number of rotatable bonds is 4. The van der Waals surface area contributed by atoms with Crippen LogP contribution in [0.2, 0.25) is 5.02 Å². The molecule has 2 N–H and O–H groups in total. The molecule has 1 aromatic heterocycles. The number of aromatic amines is 1. The highest BCUT2D eigenvalue weighted by Gasteiger charge is 2.08. The molecule has 1 heterocycles. The van der Waals surface area contributed by atoms with Gasteiger partial charge in [-0.25, -0.2) is 0 Å². The van der Waals surface area contributed by atoms with Gasteiger partial charge in [0.2, 0.25) is 0 Å². The Morgan fingerprint density at radius 2 is 2.37 bits per heavy atom. The van der Waals surface area contributed by atoms with E-state index in [4.69, 9.17) is 16.3 Å². The first kappa shape index (κ1) is 13.9. The molecular formula is C12H11BrClN3O2. The fourth-order valence-electron chi connectivity index (χ4n) is 1.38. The van der Waals surface area contributed by atoms with E-state index in [1.165, 1.54) is 0 Å². The third kappa shape index (κ3) is 3.71. The van der Waals surface area contributed by atoms with E-state index in [0.29, 0.717) is 21.1 Å². The Balaban J connectivity index is 1.92.